The zero-order valence-electron chi connectivity index (χ0n) is 42.2. The summed E-state index contributed by atoms with van der Waals surface area (Å²) in [5, 5.41) is 6.08. The van der Waals surface area contributed by atoms with Gasteiger partial charge in [-0.1, -0.05) is 30.7 Å². The summed E-state index contributed by atoms with van der Waals surface area (Å²) in [5.74, 6) is -5.43. The molecule has 12 rings (SSSR count). The Labute approximate surface area is 425 Å². The number of carbonyl (C=O) groups excluding carboxylic acids is 5. The number of nitrogens with one attached hydrogen (secondary N) is 2. The summed E-state index contributed by atoms with van der Waals surface area (Å²) in [6.07, 6.45) is 11.5. The van der Waals surface area contributed by atoms with Gasteiger partial charge < -0.3 is 34.4 Å². The van der Waals surface area contributed by atoms with Crippen LogP contribution >= 0.6 is 0 Å². The van der Waals surface area contributed by atoms with Crippen molar-refractivity contribution in [1.29, 1.82) is 0 Å². The van der Waals surface area contributed by atoms with Gasteiger partial charge in [0, 0.05) is 92.6 Å². The number of aromatic nitrogens is 3. The molecule has 386 valence electrons. The number of amides is 5. The minimum atomic E-state index is -3.22. The van der Waals surface area contributed by atoms with Crippen molar-refractivity contribution < 1.29 is 32.8 Å². The van der Waals surface area contributed by atoms with Crippen LogP contribution in [0.1, 0.15) is 127 Å². The molecule has 2 saturated carbocycles. The lowest BCUT2D eigenvalue weighted by Gasteiger charge is -2.48. The highest BCUT2D eigenvalue weighted by Gasteiger charge is 2.57. The van der Waals surface area contributed by atoms with E-state index in [1.807, 2.05) is 36.7 Å². The molecule has 2 atom stereocenters. The van der Waals surface area contributed by atoms with Crippen LogP contribution in [0.25, 0.3) is 22.3 Å². The van der Waals surface area contributed by atoms with Gasteiger partial charge in [0.25, 0.3) is 5.92 Å². The fourth-order valence-electron chi connectivity index (χ4n) is 13.4. The lowest BCUT2D eigenvalue weighted by Crippen LogP contribution is -2.59. The SMILES string of the molecule is CC(C)n1cnc2cc(-c3ccc4c(c3)N(C3CC(N5CCCCC5)C3)C(=O)C43CCN(C(=O)C4CN(C(=O)C5CCN(c6ccc(C7CCC(=O)NC7=O)cc6)CC5)CC(F)(F)C4)CC3)nc(NC3CC3)c21. The van der Waals surface area contributed by atoms with Gasteiger partial charge in [0.05, 0.1) is 41.3 Å². The summed E-state index contributed by atoms with van der Waals surface area (Å²) in [7, 11) is 0. The Balaban J connectivity index is 0.736. The van der Waals surface area contributed by atoms with Gasteiger partial charge in [-0.15, -0.1) is 0 Å². The van der Waals surface area contributed by atoms with Gasteiger partial charge in [0.1, 0.15) is 5.52 Å². The fourth-order valence-corrected chi connectivity index (χ4v) is 13.4. The molecule has 1 spiro atoms. The minimum absolute atomic E-state index is 0.0511. The average Bonchev–Trinajstić information content (AvgIpc) is 4.04. The molecule has 6 aliphatic heterocycles. The summed E-state index contributed by atoms with van der Waals surface area (Å²) >= 11 is 0. The van der Waals surface area contributed by atoms with Crippen LogP contribution in [-0.2, 0) is 29.4 Å². The molecule has 2 aromatic carbocycles. The number of imide groups is 1. The zero-order chi connectivity index (χ0) is 50.3. The minimum Gasteiger partial charge on any atom is -0.371 e. The first-order valence-corrected chi connectivity index (χ1v) is 27.2. The van der Waals surface area contributed by atoms with Crippen molar-refractivity contribution in [3.8, 4) is 11.3 Å². The van der Waals surface area contributed by atoms with Crippen LogP contribution in [0.15, 0.2) is 54.9 Å². The van der Waals surface area contributed by atoms with E-state index in [0.717, 1.165) is 89.4 Å². The molecule has 8 heterocycles. The van der Waals surface area contributed by atoms with Crippen molar-refractivity contribution in [3.63, 3.8) is 0 Å². The van der Waals surface area contributed by atoms with E-state index in [2.05, 4.69) is 61.9 Å². The summed E-state index contributed by atoms with van der Waals surface area (Å²) in [6.45, 7) is 7.38. The lowest BCUT2D eigenvalue weighted by atomic mass is 9.73. The van der Waals surface area contributed by atoms with Crippen LogP contribution in [0.5, 0.6) is 0 Å². The third-order valence-electron chi connectivity index (χ3n) is 17.8. The Morgan fingerprint density at radius 2 is 1.53 bits per heavy atom. The van der Waals surface area contributed by atoms with Crippen LogP contribution < -0.4 is 20.4 Å². The van der Waals surface area contributed by atoms with Crippen molar-refractivity contribution in [2.45, 2.75) is 145 Å². The summed E-state index contributed by atoms with van der Waals surface area (Å²) in [5.41, 5.74) is 6.37. The van der Waals surface area contributed by atoms with E-state index in [0.29, 0.717) is 63.7 Å². The van der Waals surface area contributed by atoms with Crippen molar-refractivity contribution in [2.24, 2.45) is 11.8 Å². The first-order chi connectivity index (χ1) is 35.2. The highest BCUT2D eigenvalue weighted by molar-refractivity contribution is 6.09. The number of piperidine rings is 5. The second kappa shape index (κ2) is 18.8. The number of rotatable bonds is 10. The van der Waals surface area contributed by atoms with Crippen molar-refractivity contribution in [1.82, 2.24) is 34.6 Å². The topological polar surface area (TPSA) is 156 Å². The maximum absolute atomic E-state index is 15.7. The Kier molecular flexibility index (Phi) is 12.3. The van der Waals surface area contributed by atoms with Crippen molar-refractivity contribution in [2.75, 3.05) is 67.5 Å². The number of benzene rings is 2. The van der Waals surface area contributed by atoms with Gasteiger partial charge in [0.15, 0.2) is 5.82 Å². The molecule has 8 aliphatic rings. The number of carbonyl (C=O) groups is 5. The third-order valence-corrected chi connectivity index (χ3v) is 17.8. The molecule has 15 nitrogen and oxygen atoms in total. The van der Waals surface area contributed by atoms with E-state index in [9.17, 15) is 19.2 Å². The van der Waals surface area contributed by atoms with E-state index < -0.39 is 36.1 Å². The monoisotopic (exact) mass is 999 g/mol. The second-order valence-corrected chi connectivity index (χ2v) is 22.9. The first-order valence-electron chi connectivity index (χ1n) is 27.2. The predicted molar refractivity (Wildman–Crippen MR) is 273 cm³/mol. The zero-order valence-corrected chi connectivity index (χ0v) is 42.2. The van der Waals surface area contributed by atoms with Gasteiger partial charge in [-0.05, 0) is 133 Å². The normalized spacial score (nSPS) is 26.6. The molecule has 73 heavy (non-hydrogen) atoms. The maximum atomic E-state index is 15.7. The first kappa shape index (κ1) is 48.0. The summed E-state index contributed by atoms with van der Waals surface area (Å²) < 4.78 is 33.5. The van der Waals surface area contributed by atoms with E-state index in [1.165, 1.54) is 24.2 Å². The van der Waals surface area contributed by atoms with E-state index in [-0.39, 0.29) is 67.2 Å². The molecule has 7 fully saturated rings. The summed E-state index contributed by atoms with van der Waals surface area (Å²) in [6, 6.07) is 17.2. The molecular formula is C56H68F2N10O5. The smallest absolute Gasteiger partial charge is 0.266 e. The van der Waals surface area contributed by atoms with E-state index in [4.69, 9.17) is 9.97 Å². The van der Waals surface area contributed by atoms with Gasteiger partial charge in [0.2, 0.25) is 29.5 Å². The highest BCUT2D eigenvalue weighted by Crippen LogP contribution is 2.53. The van der Waals surface area contributed by atoms with E-state index >= 15 is 13.6 Å². The molecule has 2 N–H and O–H groups in total. The molecule has 5 saturated heterocycles. The molecule has 2 aromatic heterocycles. The number of pyridine rings is 1. The Morgan fingerprint density at radius 1 is 0.808 bits per heavy atom. The van der Waals surface area contributed by atoms with E-state index in [1.54, 1.807) is 4.90 Å². The lowest BCUT2D eigenvalue weighted by molar-refractivity contribution is -0.159. The average molecular weight is 999 g/mol. The van der Waals surface area contributed by atoms with Crippen molar-refractivity contribution in [3.05, 3.63) is 66.0 Å². The number of hydrogen-bond donors (Lipinski definition) is 2. The number of hydrogen-bond acceptors (Lipinski definition) is 10. The van der Waals surface area contributed by atoms with Crippen molar-refractivity contribution >= 4 is 57.8 Å². The maximum Gasteiger partial charge on any atom is 0.266 e. The molecule has 5 amide bonds. The standard InChI is InChI=1S/C56H68F2N10O5/c1-34(2)67-33-59-46-29-45(61-50(49(46)67)60-39-9-10-39)37-8-14-44-47(26-37)68(42-27-41(28-42)63-20-4-3-5-21-63)54(73)55(44)18-24-65(25-19-55)53(72)38-30-56(57,58)32-66(31-38)52(71)36-16-22-64(23-17-36)40-11-6-35(7-12-40)43-13-15-48(69)62-51(43)70/h6-8,11-12,14,26,29,33-34,36,38-39,41-43H,3-5,9-10,13,15-25,27-28,30-32H2,1-2H3,(H,60,61)(H,62,69,70). The number of anilines is 3. The van der Waals surface area contributed by atoms with Crippen LogP contribution in [0.4, 0.5) is 26.0 Å². The van der Waals surface area contributed by atoms with Crippen LogP contribution in [0.3, 0.4) is 0 Å². The molecule has 0 bridgehead atoms. The summed E-state index contributed by atoms with van der Waals surface area (Å²) in [4.78, 5) is 87.6. The van der Waals surface area contributed by atoms with Crippen LogP contribution in [0.2, 0.25) is 0 Å². The Morgan fingerprint density at radius 3 is 2.23 bits per heavy atom. The Hall–Kier alpha value is -5.97. The number of nitrogens with zero attached hydrogens (tertiary/aromatic N) is 8. The van der Waals surface area contributed by atoms with Gasteiger partial charge >= 0.3 is 0 Å². The number of likely N-dealkylation sites (tertiary alicyclic amines) is 3. The van der Waals surface area contributed by atoms with Gasteiger partial charge in [-0.3, -0.25) is 29.3 Å². The molecule has 2 unspecified atom stereocenters. The second-order valence-electron chi connectivity index (χ2n) is 22.9. The molecule has 17 heteroatoms. The third kappa shape index (κ3) is 8.94. The fraction of sp³-hybridized carbons (Fsp3) is 0.589. The van der Waals surface area contributed by atoms with Gasteiger partial charge in [-0.2, -0.15) is 0 Å². The van der Waals surface area contributed by atoms with Gasteiger partial charge in [-0.25, -0.2) is 18.7 Å². The molecule has 0 radical (unpaired) electrons. The molecule has 4 aromatic rings. The molecule has 2 aliphatic carbocycles. The quantitative estimate of drug-likeness (QED) is 0.154. The number of imidazole rings is 1. The Bertz CT molecular complexity index is 2820. The largest absolute Gasteiger partial charge is 0.371 e. The number of halogens is 2. The number of alkyl halides is 2. The van der Waals surface area contributed by atoms with Crippen LogP contribution in [0, 0.1) is 11.8 Å². The highest BCUT2D eigenvalue weighted by atomic mass is 19.3. The van der Waals surface area contributed by atoms with Crippen LogP contribution in [-0.4, -0.2) is 135 Å². The molecular weight excluding hydrogens is 931 g/mol. The predicted octanol–water partition coefficient (Wildman–Crippen LogP) is 7.40. The number of fused-ring (bicyclic) bond motifs is 3.